The molecule has 0 radical (unpaired) electrons. The Morgan fingerprint density at radius 3 is 2.41 bits per heavy atom. The van der Waals surface area contributed by atoms with Crippen LogP contribution >= 0.6 is 0 Å². The van der Waals surface area contributed by atoms with Crippen LogP contribution in [0.25, 0.3) is 0 Å². The van der Waals surface area contributed by atoms with Crippen molar-refractivity contribution in [3.63, 3.8) is 0 Å². The number of nitrogens with zero attached hydrogens (tertiary/aromatic N) is 3. The number of carbonyl (C=O) groups is 1. The van der Waals surface area contributed by atoms with Gasteiger partial charge in [0.2, 0.25) is 5.60 Å². The number of rotatable bonds is 0. The SMILES string of the molecule is Cc1ccc2c(n1)C1(CCN(C3=NC(=O)C4(Cc5ccccc5C4)O3)CC1)OC2. The average molecular weight is 389 g/mol. The van der Waals surface area contributed by atoms with Gasteiger partial charge in [0.25, 0.3) is 11.9 Å². The molecule has 1 aromatic carbocycles. The molecule has 1 aromatic heterocycles. The van der Waals surface area contributed by atoms with Crippen molar-refractivity contribution in [3.05, 3.63) is 64.5 Å². The minimum Gasteiger partial charge on any atom is -0.447 e. The predicted molar refractivity (Wildman–Crippen MR) is 106 cm³/mol. The van der Waals surface area contributed by atoms with Crippen molar-refractivity contribution >= 4 is 11.9 Å². The normalized spacial score (nSPS) is 23.3. The van der Waals surface area contributed by atoms with Gasteiger partial charge in [0.05, 0.1) is 12.3 Å². The number of amides is 1. The first-order chi connectivity index (χ1) is 14.1. The maximum absolute atomic E-state index is 12.8. The third kappa shape index (κ3) is 2.48. The molecule has 3 aliphatic heterocycles. The second-order valence-electron chi connectivity index (χ2n) is 8.65. The van der Waals surface area contributed by atoms with Gasteiger partial charge >= 0.3 is 0 Å². The van der Waals surface area contributed by atoms with Crippen molar-refractivity contribution in [3.8, 4) is 0 Å². The highest BCUT2D eigenvalue weighted by atomic mass is 16.5. The van der Waals surface area contributed by atoms with Crippen molar-refractivity contribution in [2.45, 2.75) is 50.4 Å². The van der Waals surface area contributed by atoms with Crippen LogP contribution in [0.15, 0.2) is 41.4 Å². The number of pyridine rings is 1. The summed E-state index contributed by atoms with van der Waals surface area (Å²) in [7, 11) is 0. The summed E-state index contributed by atoms with van der Waals surface area (Å²) in [4.78, 5) is 24.0. The van der Waals surface area contributed by atoms with E-state index in [1.807, 2.05) is 25.1 Å². The molecule has 1 amide bonds. The molecule has 29 heavy (non-hydrogen) atoms. The number of aliphatic imine (C=N–C) groups is 1. The molecule has 0 bridgehead atoms. The van der Waals surface area contributed by atoms with E-state index in [0.717, 1.165) is 37.3 Å². The molecular weight excluding hydrogens is 366 g/mol. The third-order valence-electron chi connectivity index (χ3n) is 6.84. The Morgan fingerprint density at radius 1 is 0.966 bits per heavy atom. The van der Waals surface area contributed by atoms with Crippen molar-refractivity contribution in [1.82, 2.24) is 9.88 Å². The molecule has 6 rings (SSSR count). The van der Waals surface area contributed by atoms with Gasteiger partial charge < -0.3 is 14.4 Å². The number of fused-ring (bicyclic) bond motifs is 3. The van der Waals surface area contributed by atoms with Gasteiger partial charge in [0.1, 0.15) is 5.60 Å². The average Bonchev–Trinajstić information content (AvgIpc) is 3.37. The first-order valence-electron chi connectivity index (χ1n) is 10.3. The Hall–Kier alpha value is -2.73. The summed E-state index contributed by atoms with van der Waals surface area (Å²) in [6, 6.07) is 12.8. The number of piperidine rings is 1. The summed E-state index contributed by atoms with van der Waals surface area (Å²) in [5.41, 5.74) is 4.51. The number of hydrogen-bond donors (Lipinski definition) is 0. The van der Waals surface area contributed by atoms with Crippen LogP contribution in [0.4, 0.5) is 0 Å². The number of likely N-dealkylation sites (tertiary alicyclic amines) is 1. The van der Waals surface area contributed by atoms with E-state index < -0.39 is 5.60 Å². The standard InChI is InChI=1S/C23H23N3O3/c1-15-6-7-18-14-28-22(19(18)24-15)8-10-26(11-9-22)21-25-20(27)23(29-21)12-16-4-2-3-5-17(16)13-23/h2-7H,8-14H2,1H3. The van der Waals surface area contributed by atoms with Gasteiger partial charge in [-0.15, -0.1) is 0 Å². The maximum atomic E-state index is 12.8. The zero-order valence-corrected chi connectivity index (χ0v) is 16.5. The summed E-state index contributed by atoms with van der Waals surface area (Å²) >= 11 is 0. The van der Waals surface area contributed by atoms with Crippen molar-refractivity contribution in [2.24, 2.45) is 4.99 Å². The van der Waals surface area contributed by atoms with Gasteiger partial charge in [0.15, 0.2) is 0 Å². The quantitative estimate of drug-likeness (QED) is 0.693. The number of ether oxygens (including phenoxy) is 2. The summed E-state index contributed by atoms with van der Waals surface area (Å²) in [5.74, 6) is -0.149. The molecule has 1 aliphatic carbocycles. The lowest BCUT2D eigenvalue weighted by molar-refractivity contribution is -0.130. The fraction of sp³-hybridized carbons (Fsp3) is 0.435. The summed E-state index contributed by atoms with van der Waals surface area (Å²) < 4.78 is 12.5. The molecular formula is C23H23N3O3. The van der Waals surface area contributed by atoms with Crippen LogP contribution in [-0.2, 0) is 39.3 Å². The fourth-order valence-electron chi connectivity index (χ4n) is 5.19. The Balaban J connectivity index is 1.19. The summed E-state index contributed by atoms with van der Waals surface area (Å²) in [5, 5.41) is 0. The lowest BCUT2D eigenvalue weighted by Crippen LogP contribution is -2.47. The number of carbonyl (C=O) groups excluding carboxylic acids is 1. The molecule has 0 unspecified atom stereocenters. The predicted octanol–water partition coefficient (Wildman–Crippen LogP) is 2.66. The Morgan fingerprint density at radius 2 is 1.69 bits per heavy atom. The van der Waals surface area contributed by atoms with Crippen molar-refractivity contribution in [2.75, 3.05) is 13.1 Å². The van der Waals surface area contributed by atoms with Gasteiger partial charge in [0, 0.05) is 37.2 Å². The number of hydrogen-bond acceptors (Lipinski definition) is 5. The highest BCUT2D eigenvalue weighted by molar-refractivity contribution is 6.02. The Kier molecular flexibility index (Phi) is 3.48. The van der Waals surface area contributed by atoms with Crippen LogP contribution in [0, 0.1) is 6.92 Å². The van der Waals surface area contributed by atoms with Gasteiger partial charge in [-0.25, -0.2) is 0 Å². The van der Waals surface area contributed by atoms with Crippen LogP contribution < -0.4 is 0 Å². The highest BCUT2D eigenvalue weighted by Gasteiger charge is 2.53. The molecule has 0 atom stereocenters. The zero-order valence-electron chi connectivity index (χ0n) is 16.5. The van der Waals surface area contributed by atoms with E-state index in [9.17, 15) is 4.79 Å². The molecule has 4 aliphatic rings. The lowest BCUT2D eigenvalue weighted by Gasteiger charge is -2.39. The smallest absolute Gasteiger partial charge is 0.296 e. The number of benzene rings is 1. The van der Waals surface area contributed by atoms with Gasteiger partial charge in [-0.05, 0) is 37.0 Å². The summed E-state index contributed by atoms with van der Waals surface area (Å²) in [6.07, 6.45) is 2.85. The van der Waals surface area contributed by atoms with Crippen molar-refractivity contribution < 1.29 is 14.3 Å². The van der Waals surface area contributed by atoms with Crippen LogP contribution in [0.2, 0.25) is 0 Å². The summed E-state index contributed by atoms with van der Waals surface area (Å²) in [6.45, 7) is 4.13. The first-order valence-corrected chi connectivity index (χ1v) is 10.3. The minimum absolute atomic E-state index is 0.149. The van der Waals surface area contributed by atoms with Gasteiger partial charge in [-0.2, -0.15) is 4.99 Å². The van der Waals surface area contributed by atoms with Crippen LogP contribution in [-0.4, -0.2) is 40.5 Å². The molecule has 0 N–H and O–H groups in total. The first kappa shape index (κ1) is 17.2. The van der Waals surface area contributed by atoms with Crippen LogP contribution in [0.3, 0.4) is 0 Å². The van der Waals surface area contributed by atoms with E-state index in [1.54, 1.807) is 0 Å². The maximum Gasteiger partial charge on any atom is 0.296 e. The molecule has 4 heterocycles. The monoisotopic (exact) mass is 389 g/mol. The lowest BCUT2D eigenvalue weighted by atomic mass is 9.87. The molecule has 0 saturated carbocycles. The van der Waals surface area contributed by atoms with E-state index in [0.29, 0.717) is 25.5 Å². The molecule has 6 heteroatoms. The van der Waals surface area contributed by atoms with Gasteiger partial charge in [-0.3, -0.25) is 9.78 Å². The zero-order chi connectivity index (χ0) is 19.6. The number of aryl methyl sites for hydroxylation is 1. The minimum atomic E-state index is -0.844. The largest absolute Gasteiger partial charge is 0.447 e. The molecule has 1 saturated heterocycles. The number of amidine groups is 1. The molecule has 148 valence electrons. The van der Waals surface area contributed by atoms with Crippen molar-refractivity contribution in [1.29, 1.82) is 0 Å². The second-order valence-corrected chi connectivity index (χ2v) is 8.65. The topological polar surface area (TPSA) is 64.0 Å². The van der Waals surface area contributed by atoms with E-state index >= 15 is 0 Å². The Labute approximate surface area is 169 Å². The van der Waals surface area contributed by atoms with Gasteiger partial charge in [-0.1, -0.05) is 30.3 Å². The number of aromatic nitrogens is 1. The fourth-order valence-corrected chi connectivity index (χ4v) is 5.19. The van der Waals surface area contributed by atoms with Crippen LogP contribution in [0.1, 0.15) is 40.9 Å². The van der Waals surface area contributed by atoms with Crippen LogP contribution in [0.5, 0.6) is 0 Å². The molecule has 6 nitrogen and oxygen atoms in total. The van der Waals surface area contributed by atoms with E-state index in [2.05, 4.69) is 28.1 Å². The molecule has 2 spiro atoms. The second kappa shape index (κ2) is 5.89. The van der Waals surface area contributed by atoms with E-state index in [-0.39, 0.29) is 11.5 Å². The van der Waals surface area contributed by atoms with E-state index in [4.69, 9.17) is 14.5 Å². The molecule has 1 fully saturated rings. The Bertz CT molecular complexity index is 1030. The van der Waals surface area contributed by atoms with E-state index in [1.165, 1.54) is 16.7 Å². The highest BCUT2D eigenvalue weighted by Crippen LogP contribution is 2.44. The third-order valence-corrected chi connectivity index (χ3v) is 6.84. The molecule has 2 aromatic rings.